The van der Waals surface area contributed by atoms with Gasteiger partial charge in [0.2, 0.25) is 5.91 Å². The first-order chi connectivity index (χ1) is 10.2. The summed E-state index contributed by atoms with van der Waals surface area (Å²) in [5.41, 5.74) is 3.05. The van der Waals surface area contributed by atoms with Crippen LogP contribution in [0.4, 0.5) is 0 Å². The lowest BCUT2D eigenvalue weighted by Crippen LogP contribution is -2.40. The van der Waals surface area contributed by atoms with Crippen LogP contribution in [0.1, 0.15) is 21.8 Å². The summed E-state index contributed by atoms with van der Waals surface area (Å²) in [5, 5.41) is 5.25. The molecule has 0 saturated carbocycles. The number of aromatic nitrogens is 2. The molecule has 0 atom stereocenters. The molecule has 0 saturated heterocycles. The monoisotopic (exact) mass is 302 g/mol. The van der Waals surface area contributed by atoms with Crippen molar-refractivity contribution in [2.45, 2.75) is 26.4 Å². The molecule has 1 N–H and O–H groups in total. The topological polar surface area (TPSA) is 58.1 Å². The molecule has 1 aliphatic rings. The summed E-state index contributed by atoms with van der Waals surface area (Å²) in [6.07, 6.45) is 4.45. The predicted octanol–water partition coefficient (Wildman–Crippen LogP) is 1.52. The highest BCUT2D eigenvalue weighted by Crippen LogP contribution is 2.23. The number of fused-ring (bicyclic) bond motifs is 1. The van der Waals surface area contributed by atoms with E-state index in [4.69, 9.17) is 0 Å². The molecule has 21 heavy (non-hydrogen) atoms. The summed E-state index contributed by atoms with van der Waals surface area (Å²) in [6, 6.07) is 2.12. The number of nitrogens with zero attached hydrogens (tertiary/aromatic N) is 3. The van der Waals surface area contributed by atoms with Crippen LogP contribution < -0.4 is 5.32 Å². The first kappa shape index (κ1) is 14.2. The molecule has 2 aromatic heterocycles. The van der Waals surface area contributed by atoms with Gasteiger partial charge in [-0.05, 0) is 30.4 Å². The Balaban J connectivity index is 1.48. The fourth-order valence-electron chi connectivity index (χ4n) is 2.38. The number of aryl methyl sites for hydroxylation is 1. The van der Waals surface area contributed by atoms with Gasteiger partial charge in [0.15, 0.2) is 0 Å². The van der Waals surface area contributed by atoms with E-state index in [1.54, 1.807) is 23.7 Å². The average molecular weight is 302 g/mol. The normalized spacial score (nSPS) is 14.0. The lowest BCUT2D eigenvalue weighted by atomic mass is 10.1. The van der Waals surface area contributed by atoms with E-state index < -0.39 is 0 Å². The minimum absolute atomic E-state index is 0.145. The molecular weight excluding hydrogens is 284 g/mol. The quantitative estimate of drug-likeness (QED) is 0.930. The Labute approximate surface area is 128 Å². The third-order valence-electron chi connectivity index (χ3n) is 3.58. The second-order valence-corrected chi connectivity index (χ2v) is 6.19. The summed E-state index contributed by atoms with van der Waals surface area (Å²) in [4.78, 5) is 24.0. The van der Waals surface area contributed by atoms with Crippen molar-refractivity contribution in [3.63, 3.8) is 0 Å². The number of amides is 1. The number of hydrogen-bond acceptors (Lipinski definition) is 5. The molecule has 0 unspecified atom stereocenters. The Kier molecular flexibility index (Phi) is 4.26. The molecule has 0 bridgehead atoms. The highest BCUT2D eigenvalue weighted by atomic mass is 32.1. The maximum absolute atomic E-state index is 12.2. The van der Waals surface area contributed by atoms with Crippen LogP contribution in [0, 0.1) is 6.92 Å². The Hall–Kier alpha value is -1.79. The second-order valence-electron chi connectivity index (χ2n) is 5.19. The minimum Gasteiger partial charge on any atom is -0.337 e. The minimum atomic E-state index is 0.145. The highest BCUT2D eigenvalue weighted by Gasteiger charge is 2.20. The van der Waals surface area contributed by atoms with Gasteiger partial charge in [0, 0.05) is 36.9 Å². The molecule has 2 aromatic rings. The van der Waals surface area contributed by atoms with Crippen LogP contribution in [0.5, 0.6) is 0 Å². The zero-order chi connectivity index (χ0) is 14.7. The number of thiophene rings is 1. The maximum atomic E-state index is 12.2. The lowest BCUT2D eigenvalue weighted by Gasteiger charge is -2.27. The zero-order valence-electron chi connectivity index (χ0n) is 12.0. The van der Waals surface area contributed by atoms with Gasteiger partial charge >= 0.3 is 0 Å². The molecule has 3 heterocycles. The van der Waals surface area contributed by atoms with Gasteiger partial charge in [-0.1, -0.05) is 0 Å². The van der Waals surface area contributed by atoms with Gasteiger partial charge in [0.25, 0.3) is 0 Å². The fourth-order valence-corrected chi connectivity index (χ4v) is 3.27. The van der Waals surface area contributed by atoms with E-state index in [-0.39, 0.29) is 5.91 Å². The van der Waals surface area contributed by atoms with E-state index in [1.165, 1.54) is 10.4 Å². The number of nitrogens with one attached hydrogen (secondary N) is 1. The molecule has 0 aliphatic carbocycles. The van der Waals surface area contributed by atoms with Crippen molar-refractivity contribution in [3.05, 3.63) is 45.7 Å². The highest BCUT2D eigenvalue weighted by molar-refractivity contribution is 7.10. The summed E-state index contributed by atoms with van der Waals surface area (Å²) in [5.74, 6) is 0.145. The smallest absolute Gasteiger partial charge is 0.236 e. The molecule has 0 radical (unpaired) electrons. The number of carbonyl (C=O) groups is 1. The van der Waals surface area contributed by atoms with Crippen molar-refractivity contribution in [1.29, 1.82) is 0 Å². The molecule has 1 aliphatic heterocycles. The SMILES string of the molecule is Cc1cnc(CNCC(=O)N2CCc3sccc3C2)cn1. The summed E-state index contributed by atoms with van der Waals surface area (Å²) in [7, 11) is 0. The predicted molar refractivity (Wildman–Crippen MR) is 81.9 cm³/mol. The fraction of sp³-hybridized carbons (Fsp3) is 0.400. The Morgan fingerprint density at radius 1 is 1.43 bits per heavy atom. The summed E-state index contributed by atoms with van der Waals surface area (Å²) >= 11 is 1.79. The van der Waals surface area contributed by atoms with E-state index in [1.807, 2.05) is 11.8 Å². The van der Waals surface area contributed by atoms with Crippen molar-refractivity contribution in [2.24, 2.45) is 0 Å². The summed E-state index contributed by atoms with van der Waals surface area (Å²) < 4.78 is 0. The third-order valence-corrected chi connectivity index (χ3v) is 4.60. The first-order valence-corrected chi connectivity index (χ1v) is 7.91. The molecular formula is C15H18N4OS. The van der Waals surface area contributed by atoms with Gasteiger partial charge in [0.05, 0.1) is 17.9 Å². The number of carbonyl (C=O) groups excluding carboxylic acids is 1. The number of hydrogen-bond donors (Lipinski definition) is 1. The van der Waals surface area contributed by atoms with Crippen LogP contribution in [0.25, 0.3) is 0 Å². The second kappa shape index (κ2) is 6.32. The van der Waals surface area contributed by atoms with Crippen LogP contribution in [0.15, 0.2) is 23.8 Å². The van der Waals surface area contributed by atoms with Gasteiger partial charge in [-0.25, -0.2) is 0 Å². The molecule has 3 rings (SSSR count). The standard InChI is InChI=1S/C15H18N4OS/c1-11-6-18-13(8-17-11)7-16-9-15(20)19-4-2-14-12(10-19)3-5-21-14/h3,5-6,8,16H,2,4,7,9-10H2,1H3. The molecule has 5 nitrogen and oxygen atoms in total. The molecule has 1 amide bonds. The largest absolute Gasteiger partial charge is 0.337 e. The van der Waals surface area contributed by atoms with Gasteiger partial charge in [-0.3, -0.25) is 14.8 Å². The molecule has 0 spiro atoms. The van der Waals surface area contributed by atoms with Crippen LogP contribution >= 0.6 is 11.3 Å². The Morgan fingerprint density at radius 2 is 2.33 bits per heavy atom. The average Bonchev–Trinajstić information content (AvgIpc) is 2.96. The molecule has 6 heteroatoms. The summed E-state index contributed by atoms with van der Waals surface area (Å²) in [6.45, 7) is 4.37. The lowest BCUT2D eigenvalue weighted by molar-refractivity contribution is -0.131. The molecule has 110 valence electrons. The van der Waals surface area contributed by atoms with E-state index in [0.29, 0.717) is 13.1 Å². The van der Waals surface area contributed by atoms with Gasteiger partial charge in [-0.15, -0.1) is 11.3 Å². The molecule has 0 aromatic carbocycles. The van der Waals surface area contributed by atoms with Crippen molar-refractivity contribution < 1.29 is 4.79 Å². The van der Waals surface area contributed by atoms with E-state index in [2.05, 4.69) is 26.7 Å². The van der Waals surface area contributed by atoms with E-state index in [0.717, 1.165) is 30.9 Å². The van der Waals surface area contributed by atoms with Gasteiger partial charge in [0.1, 0.15) is 0 Å². The zero-order valence-corrected chi connectivity index (χ0v) is 12.8. The van der Waals surface area contributed by atoms with Gasteiger partial charge in [-0.2, -0.15) is 0 Å². The first-order valence-electron chi connectivity index (χ1n) is 7.03. The van der Waals surface area contributed by atoms with Crippen LogP contribution in [0.3, 0.4) is 0 Å². The van der Waals surface area contributed by atoms with E-state index in [9.17, 15) is 4.79 Å². The van der Waals surface area contributed by atoms with Gasteiger partial charge < -0.3 is 10.2 Å². The Morgan fingerprint density at radius 3 is 3.14 bits per heavy atom. The molecule has 0 fully saturated rings. The van der Waals surface area contributed by atoms with Crippen molar-refractivity contribution in [1.82, 2.24) is 20.2 Å². The van der Waals surface area contributed by atoms with Crippen LogP contribution in [-0.4, -0.2) is 33.9 Å². The third kappa shape index (κ3) is 3.46. The number of rotatable bonds is 4. The van der Waals surface area contributed by atoms with Crippen molar-refractivity contribution in [2.75, 3.05) is 13.1 Å². The maximum Gasteiger partial charge on any atom is 0.236 e. The van der Waals surface area contributed by atoms with Crippen molar-refractivity contribution >= 4 is 17.2 Å². The van der Waals surface area contributed by atoms with Crippen LogP contribution in [0.2, 0.25) is 0 Å². The van der Waals surface area contributed by atoms with Crippen molar-refractivity contribution in [3.8, 4) is 0 Å². The Bertz CT molecular complexity index is 623. The van der Waals surface area contributed by atoms with Crippen LogP contribution in [-0.2, 0) is 24.3 Å². The van der Waals surface area contributed by atoms with E-state index >= 15 is 0 Å².